The number of halogens is 1. The Morgan fingerprint density at radius 2 is 1.97 bits per heavy atom. The molecule has 4 rings (SSSR count). The molecule has 29 heavy (non-hydrogen) atoms. The third kappa shape index (κ3) is 4.05. The number of thiophene rings is 1. The van der Waals surface area contributed by atoms with Crippen molar-refractivity contribution in [3.05, 3.63) is 56.5 Å². The van der Waals surface area contributed by atoms with Crippen LogP contribution in [0.5, 0.6) is 0 Å². The lowest BCUT2D eigenvalue weighted by Gasteiger charge is -2.26. The highest BCUT2D eigenvalue weighted by Crippen LogP contribution is 2.38. The number of anilines is 1. The molecular formula is C21H20BrN3O3S. The molecule has 3 aromatic rings. The second kappa shape index (κ2) is 8.22. The summed E-state index contributed by atoms with van der Waals surface area (Å²) in [5.74, 6) is -0.361. The summed E-state index contributed by atoms with van der Waals surface area (Å²) in [5.41, 5.74) is 2.92. The van der Waals surface area contributed by atoms with Gasteiger partial charge in [-0.25, -0.2) is 4.98 Å². The summed E-state index contributed by atoms with van der Waals surface area (Å²) in [6.07, 6.45) is 0. The van der Waals surface area contributed by atoms with Crippen molar-refractivity contribution in [2.24, 2.45) is 0 Å². The first-order valence-electron chi connectivity index (χ1n) is 9.28. The number of amides is 2. The fraction of sp³-hybridized carbons (Fsp3) is 0.286. The van der Waals surface area contributed by atoms with Crippen molar-refractivity contribution in [2.45, 2.75) is 13.8 Å². The molecule has 6 nitrogen and oxygen atoms in total. The summed E-state index contributed by atoms with van der Waals surface area (Å²) in [5, 5.41) is 3.81. The number of pyridine rings is 1. The Morgan fingerprint density at radius 3 is 2.69 bits per heavy atom. The Bertz CT molecular complexity index is 1110. The van der Waals surface area contributed by atoms with E-state index in [0.717, 1.165) is 25.9 Å². The largest absolute Gasteiger partial charge is 0.378 e. The topological polar surface area (TPSA) is 71.5 Å². The highest BCUT2D eigenvalue weighted by molar-refractivity contribution is 9.10. The maximum Gasteiger partial charge on any atom is 0.266 e. The van der Waals surface area contributed by atoms with Gasteiger partial charge in [0.2, 0.25) is 0 Å². The predicted octanol–water partition coefficient (Wildman–Crippen LogP) is 4.40. The SMILES string of the molecule is Cc1cc(C)c2c(NC(=O)c3cccc(Br)c3)c(C(=O)N3CCOCC3)sc2n1. The first-order chi connectivity index (χ1) is 13.9. The van der Waals surface area contributed by atoms with Gasteiger partial charge in [0, 0.05) is 34.2 Å². The molecule has 0 aliphatic carbocycles. The zero-order valence-corrected chi connectivity index (χ0v) is 18.5. The number of hydrogen-bond donors (Lipinski definition) is 1. The summed E-state index contributed by atoms with van der Waals surface area (Å²) in [6, 6.07) is 9.13. The van der Waals surface area contributed by atoms with Gasteiger partial charge in [-0.15, -0.1) is 11.3 Å². The van der Waals surface area contributed by atoms with E-state index in [1.165, 1.54) is 11.3 Å². The zero-order chi connectivity index (χ0) is 20.5. The molecule has 0 saturated carbocycles. The fourth-order valence-electron chi connectivity index (χ4n) is 3.44. The van der Waals surface area contributed by atoms with E-state index in [-0.39, 0.29) is 11.8 Å². The van der Waals surface area contributed by atoms with Gasteiger partial charge in [-0.1, -0.05) is 22.0 Å². The number of hydrogen-bond acceptors (Lipinski definition) is 5. The van der Waals surface area contributed by atoms with Crippen LogP contribution < -0.4 is 5.32 Å². The average molecular weight is 474 g/mol. The van der Waals surface area contributed by atoms with E-state index >= 15 is 0 Å². The molecule has 1 N–H and O–H groups in total. The molecule has 0 atom stereocenters. The molecule has 2 amide bonds. The van der Waals surface area contributed by atoms with Crippen LogP contribution in [0.1, 0.15) is 31.3 Å². The summed E-state index contributed by atoms with van der Waals surface area (Å²) in [6.45, 7) is 6.02. The fourth-order valence-corrected chi connectivity index (χ4v) is 5.06. The minimum Gasteiger partial charge on any atom is -0.378 e. The number of aryl methyl sites for hydroxylation is 2. The third-order valence-corrected chi connectivity index (χ3v) is 6.37. The number of carbonyl (C=O) groups excluding carboxylic acids is 2. The Hall–Kier alpha value is -2.29. The summed E-state index contributed by atoms with van der Waals surface area (Å²) in [4.78, 5) is 33.8. The lowest BCUT2D eigenvalue weighted by atomic mass is 10.1. The summed E-state index contributed by atoms with van der Waals surface area (Å²) in [7, 11) is 0. The van der Waals surface area contributed by atoms with Gasteiger partial charge in [0.05, 0.1) is 18.9 Å². The predicted molar refractivity (Wildman–Crippen MR) is 118 cm³/mol. The van der Waals surface area contributed by atoms with Crippen LogP contribution in [0.4, 0.5) is 5.69 Å². The maximum absolute atomic E-state index is 13.3. The van der Waals surface area contributed by atoms with Crippen LogP contribution in [0.2, 0.25) is 0 Å². The standard InChI is InChI=1S/C21H20BrN3O3S/c1-12-10-13(2)23-20-16(12)17(24-19(26)14-4-3-5-15(22)11-14)18(29-20)21(27)25-6-8-28-9-7-25/h3-5,10-11H,6-9H2,1-2H3,(H,24,26). The zero-order valence-electron chi connectivity index (χ0n) is 16.1. The number of nitrogens with one attached hydrogen (secondary N) is 1. The second-order valence-electron chi connectivity index (χ2n) is 6.94. The first-order valence-corrected chi connectivity index (χ1v) is 10.9. The van der Waals surface area contributed by atoms with E-state index in [9.17, 15) is 9.59 Å². The van der Waals surface area contributed by atoms with Crippen molar-refractivity contribution in [3.63, 3.8) is 0 Å². The molecule has 150 valence electrons. The van der Waals surface area contributed by atoms with E-state index in [0.29, 0.717) is 42.4 Å². The summed E-state index contributed by atoms with van der Waals surface area (Å²) < 4.78 is 6.18. The lowest BCUT2D eigenvalue weighted by molar-refractivity contribution is 0.0307. The van der Waals surface area contributed by atoms with Crippen LogP contribution in [0.3, 0.4) is 0 Å². The maximum atomic E-state index is 13.3. The van der Waals surface area contributed by atoms with Crippen molar-refractivity contribution in [3.8, 4) is 0 Å². The number of benzene rings is 1. The number of fused-ring (bicyclic) bond motifs is 1. The van der Waals surface area contributed by atoms with Crippen molar-refractivity contribution < 1.29 is 14.3 Å². The van der Waals surface area contributed by atoms with Gasteiger partial charge < -0.3 is 15.0 Å². The number of morpholine rings is 1. The monoisotopic (exact) mass is 473 g/mol. The van der Waals surface area contributed by atoms with E-state index < -0.39 is 0 Å². The molecule has 1 aliphatic rings. The van der Waals surface area contributed by atoms with Crippen LogP contribution >= 0.6 is 27.3 Å². The van der Waals surface area contributed by atoms with Gasteiger partial charge in [0.15, 0.2) is 0 Å². The Kier molecular flexibility index (Phi) is 5.67. The minimum absolute atomic E-state index is 0.0992. The van der Waals surface area contributed by atoms with Crippen LogP contribution in [0.25, 0.3) is 10.2 Å². The summed E-state index contributed by atoms with van der Waals surface area (Å²) >= 11 is 4.72. The average Bonchev–Trinajstić information content (AvgIpc) is 3.06. The highest BCUT2D eigenvalue weighted by Gasteiger charge is 2.27. The Balaban J connectivity index is 1.79. The number of nitrogens with zero attached hydrogens (tertiary/aromatic N) is 2. The van der Waals surface area contributed by atoms with E-state index in [1.807, 2.05) is 26.0 Å². The molecule has 8 heteroatoms. The number of carbonyl (C=O) groups is 2. The molecule has 1 saturated heterocycles. The highest BCUT2D eigenvalue weighted by atomic mass is 79.9. The Labute approximate surface area is 181 Å². The van der Waals surface area contributed by atoms with E-state index in [1.54, 1.807) is 23.1 Å². The van der Waals surface area contributed by atoms with Gasteiger partial charge in [0.1, 0.15) is 9.71 Å². The van der Waals surface area contributed by atoms with Gasteiger partial charge in [-0.05, 0) is 43.7 Å². The van der Waals surface area contributed by atoms with Crippen LogP contribution in [-0.2, 0) is 4.74 Å². The van der Waals surface area contributed by atoms with Crippen molar-refractivity contribution in [1.29, 1.82) is 0 Å². The quantitative estimate of drug-likeness (QED) is 0.611. The van der Waals surface area contributed by atoms with Gasteiger partial charge in [-0.3, -0.25) is 9.59 Å². The van der Waals surface area contributed by atoms with Crippen molar-refractivity contribution >= 4 is 55.0 Å². The van der Waals surface area contributed by atoms with Gasteiger partial charge in [0.25, 0.3) is 11.8 Å². The van der Waals surface area contributed by atoms with E-state index in [2.05, 4.69) is 26.2 Å². The molecule has 1 fully saturated rings. The van der Waals surface area contributed by atoms with Crippen LogP contribution in [0, 0.1) is 13.8 Å². The van der Waals surface area contributed by atoms with Gasteiger partial charge in [-0.2, -0.15) is 0 Å². The molecule has 1 aliphatic heterocycles. The van der Waals surface area contributed by atoms with E-state index in [4.69, 9.17) is 4.74 Å². The molecule has 0 radical (unpaired) electrons. The first kappa shape index (κ1) is 20.0. The number of rotatable bonds is 3. The van der Waals surface area contributed by atoms with Crippen LogP contribution in [-0.4, -0.2) is 48.0 Å². The minimum atomic E-state index is -0.262. The molecule has 0 bridgehead atoms. The number of aromatic nitrogens is 1. The normalized spacial score (nSPS) is 14.2. The van der Waals surface area contributed by atoms with Gasteiger partial charge >= 0.3 is 0 Å². The van der Waals surface area contributed by atoms with Crippen molar-refractivity contribution in [2.75, 3.05) is 31.6 Å². The molecule has 2 aromatic heterocycles. The molecule has 0 spiro atoms. The van der Waals surface area contributed by atoms with Crippen molar-refractivity contribution in [1.82, 2.24) is 9.88 Å². The Morgan fingerprint density at radius 1 is 1.21 bits per heavy atom. The molecular weight excluding hydrogens is 454 g/mol. The third-order valence-electron chi connectivity index (χ3n) is 4.81. The number of ether oxygens (including phenoxy) is 1. The molecule has 1 aromatic carbocycles. The molecule has 3 heterocycles. The molecule has 0 unspecified atom stereocenters. The lowest BCUT2D eigenvalue weighted by Crippen LogP contribution is -2.40. The second-order valence-corrected chi connectivity index (χ2v) is 8.85. The van der Waals surface area contributed by atoms with Crippen LogP contribution in [0.15, 0.2) is 34.8 Å². The smallest absolute Gasteiger partial charge is 0.266 e.